The van der Waals surface area contributed by atoms with Gasteiger partial charge in [0.05, 0.1) is 102 Å². The van der Waals surface area contributed by atoms with Crippen LogP contribution in [0.1, 0.15) is 10.4 Å². The zero-order chi connectivity index (χ0) is 68.7. The van der Waals surface area contributed by atoms with Gasteiger partial charge in [0.15, 0.2) is 46.0 Å². The van der Waals surface area contributed by atoms with Crippen LogP contribution in [0.5, 0.6) is 46.0 Å². The number of piperazine rings is 3. The van der Waals surface area contributed by atoms with Crippen LogP contribution in [-0.4, -0.2) is 181 Å². The van der Waals surface area contributed by atoms with Gasteiger partial charge in [-0.3, -0.25) is 0 Å². The lowest BCUT2D eigenvalue weighted by Crippen LogP contribution is -2.47. The molecule has 0 bridgehead atoms. The molecule has 1 N–H and O–H groups in total. The molecule has 15 rings (SSSR count). The highest BCUT2D eigenvalue weighted by Crippen LogP contribution is 2.39. The molecule has 11 heterocycles. The van der Waals surface area contributed by atoms with Crippen molar-refractivity contribution in [3.8, 4) is 46.0 Å². The molecule has 0 saturated carbocycles. The Morgan fingerprint density at radius 2 is 0.760 bits per heavy atom. The SMILES string of the molecule is COc1cc2ncnc(N3CCN(c4ncc(Nc5ccc(F)cc5)cn4)CC3)c2cc1OC.COc1cc2ncnc(N3CCN(c4ncc(OCc5cccs5)cn4)CC3)c2cc1OC.COc1cc2ncnc(N3CCN(c4ncc(OCc5ccsc5)cn4)CC3)c2cc1OC. The molecule has 12 aromatic rings. The molecule has 27 nitrogen and oxygen atoms in total. The summed E-state index contributed by atoms with van der Waals surface area (Å²) >= 11 is 3.33. The number of nitrogens with one attached hydrogen (secondary N) is 1. The predicted octanol–water partition coefficient (Wildman–Crippen LogP) is 10.5. The molecule has 3 aliphatic rings. The van der Waals surface area contributed by atoms with Gasteiger partial charge in [0.25, 0.3) is 0 Å². The van der Waals surface area contributed by atoms with Crippen molar-refractivity contribution in [1.29, 1.82) is 0 Å². The smallest absolute Gasteiger partial charge is 0.225 e. The summed E-state index contributed by atoms with van der Waals surface area (Å²) in [5, 5.41) is 12.1. The second-order valence-corrected chi connectivity index (χ2v) is 24.6. The molecule has 4 aromatic carbocycles. The fraction of sp³-hybridized carbons (Fsp3) is 0.286. The van der Waals surface area contributed by atoms with Gasteiger partial charge in [-0.2, -0.15) is 11.3 Å². The van der Waals surface area contributed by atoms with E-state index in [0.29, 0.717) is 77.1 Å². The van der Waals surface area contributed by atoms with Gasteiger partial charge in [-0.1, -0.05) is 6.07 Å². The lowest BCUT2D eigenvalue weighted by molar-refractivity contribution is 0.304. The first-order chi connectivity index (χ1) is 49.1. The van der Waals surface area contributed by atoms with E-state index in [9.17, 15) is 4.39 Å². The van der Waals surface area contributed by atoms with E-state index >= 15 is 0 Å². The van der Waals surface area contributed by atoms with E-state index in [-0.39, 0.29) is 5.82 Å². The summed E-state index contributed by atoms with van der Waals surface area (Å²) in [5.41, 5.74) is 5.11. The number of hydrogen-bond acceptors (Lipinski definition) is 29. The summed E-state index contributed by atoms with van der Waals surface area (Å²) in [4.78, 5) is 68.4. The maximum Gasteiger partial charge on any atom is 0.225 e. The Kier molecular flexibility index (Phi) is 21.3. The molecule has 0 spiro atoms. The fourth-order valence-electron chi connectivity index (χ4n) is 11.7. The van der Waals surface area contributed by atoms with Gasteiger partial charge in [0, 0.05) is 123 Å². The Morgan fingerprint density at radius 3 is 1.12 bits per heavy atom. The van der Waals surface area contributed by atoms with Crippen molar-refractivity contribution in [3.05, 3.63) is 167 Å². The number of methoxy groups -OCH3 is 6. The number of rotatable bonds is 20. The van der Waals surface area contributed by atoms with Crippen molar-refractivity contribution >= 4 is 102 Å². The highest BCUT2D eigenvalue weighted by Gasteiger charge is 2.27. The van der Waals surface area contributed by atoms with Gasteiger partial charge < -0.3 is 72.6 Å². The molecule has 3 saturated heterocycles. The van der Waals surface area contributed by atoms with E-state index in [1.165, 1.54) is 17.0 Å². The van der Waals surface area contributed by atoms with Gasteiger partial charge >= 0.3 is 0 Å². The third-order valence-electron chi connectivity index (χ3n) is 16.9. The standard InChI is InChI=1S/C24H24FN7O2.2C23H24N6O3S/c1-33-21-11-19-20(12-22(21)34-2)28-15-29-23(19)31-7-9-32(10-8-31)24-26-13-18(14-27-24)30-17-5-3-16(25)4-6-17;1-30-20-9-18-19(10-21(20)31-2)26-15-27-22(18)28-4-6-29(7-5-28)23-24-11-17(12-25-23)32-13-16-3-8-33-14-16;1-30-20-10-18-19(11-21(20)31-2)26-15-27-22(18)28-5-7-29(8-6-28)23-24-12-16(13-25-23)32-14-17-4-3-9-33-17/h3-6,11-15,30H,7-10H2,1-2H3;3,8-12,14-15H,4-7,13H2,1-2H3;3-4,9-13,15H,5-8,14H2,1-2H3. The summed E-state index contributed by atoms with van der Waals surface area (Å²) in [6, 6.07) is 23.7. The number of benzene rings is 4. The van der Waals surface area contributed by atoms with E-state index < -0.39 is 0 Å². The van der Waals surface area contributed by atoms with Crippen LogP contribution in [0.15, 0.2) is 151 Å². The van der Waals surface area contributed by atoms with Crippen molar-refractivity contribution < 1.29 is 42.3 Å². The monoisotopic (exact) mass is 1390 g/mol. The van der Waals surface area contributed by atoms with Crippen LogP contribution in [0.4, 0.5) is 51.1 Å². The Labute approximate surface area is 583 Å². The van der Waals surface area contributed by atoms with Crippen molar-refractivity contribution in [2.45, 2.75) is 13.2 Å². The van der Waals surface area contributed by atoms with Crippen LogP contribution in [0.3, 0.4) is 0 Å². The lowest BCUT2D eigenvalue weighted by Gasteiger charge is -2.35. The quantitative estimate of drug-likeness (QED) is 0.0743. The highest BCUT2D eigenvalue weighted by atomic mass is 32.1. The average molecular weight is 1390 g/mol. The maximum absolute atomic E-state index is 13.1. The van der Waals surface area contributed by atoms with Crippen LogP contribution >= 0.6 is 22.7 Å². The highest BCUT2D eigenvalue weighted by molar-refractivity contribution is 7.09. The van der Waals surface area contributed by atoms with Gasteiger partial charge in [0.1, 0.15) is 55.5 Å². The molecule has 8 aromatic heterocycles. The van der Waals surface area contributed by atoms with E-state index in [0.717, 1.165) is 146 Å². The number of thiophene rings is 2. The minimum atomic E-state index is -0.273. The Hall–Kier alpha value is -11.5. The third-order valence-corrected chi connectivity index (χ3v) is 18.5. The Morgan fingerprint density at radius 1 is 0.390 bits per heavy atom. The minimum absolute atomic E-state index is 0.273. The molecule has 3 aliphatic heterocycles. The lowest BCUT2D eigenvalue weighted by atomic mass is 10.2. The number of nitrogens with zero attached hydrogens (tertiary/aromatic N) is 18. The summed E-state index contributed by atoms with van der Waals surface area (Å²) in [6.07, 6.45) is 15.2. The van der Waals surface area contributed by atoms with Crippen LogP contribution in [-0.2, 0) is 13.2 Å². The first-order valence-electron chi connectivity index (χ1n) is 32.0. The Bertz CT molecular complexity index is 4440. The van der Waals surface area contributed by atoms with Crippen molar-refractivity contribution in [3.63, 3.8) is 0 Å². The first kappa shape index (κ1) is 67.1. The molecular weight excluding hydrogens is 1320 g/mol. The van der Waals surface area contributed by atoms with Gasteiger partial charge in [0.2, 0.25) is 17.8 Å². The molecular formula is C70H72FN19O8S2. The Balaban J connectivity index is 0.000000134. The molecule has 0 aliphatic carbocycles. The van der Waals surface area contributed by atoms with E-state index in [4.69, 9.17) is 37.9 Å². The third kappa shape index (κ3) is 15.7. The molecule has 30 heteroatoms. The molecule has 0 atom stereocenters. The minimum Gasteiger partial charge on any atom is -0.493 e. The number of halogens is 1. The van der Waals surface area contributed by atoms with Crippen LogP contribution in [0.25, 0.3) is 32.7 Å². The number of hydrogen-bond donors (Lipinski definition) is 1. The topological polar surface area (TPSA) is 260 Å². The van der Waals surface area contributed by atoms with Crippen LogP contribution < -0.4 is 72.6 Å². The number of anilines is 8. The predicted molar refractivity (Wildman–Crippen MR) is 384 cm³/mol. The van der Waals surface area contributed by atoms with Gasteiger partial charge in [-0.25, -0.2) is 64.2 Å². The largest absolute Gasteiger partial charge is 0.493 e. The molecule has 0 radical (unpaired) electrons. The van der Waals surface area contributed by atoms with Gasteiger partial charge in [-0.05, 0) is 76.3 Å². The summed E-state index contributed by atoms with van der Waals surface area (Å²) < 4.78 is 57.3. The van der Waals surface area contributed by atoms with Crippen molar-refractivity contribution in [2.75, 3.05) is 156 Å². The first-order valence-corrected chi connectivity index (χ1v) is 33.8. The maximum atomic E-state index is 13.1. The van der Waals surface area contributed by atoms with Crippen LogP contribution in [0, 0.1) is 5.82 Å². The normalized spacial score (nSPS) is 13.8. The summed E-state index contributed by atoms with van der Waals surface area (Å²) in [7, 11) is 9.73. The summed E-state index contributed by atoms with van der Waals surface area (Å²) in [5.74, 6) is 9.70. The average Bonchev–Trinajstić information content (AvgIpc) is 0.833. The zero-order valence-corrected chi connectivity index (χ0v) is 57.5. The molecule has 3 fully saturated rings. The molecule has 100 heavy (non-hydrogen) atoms. The van der Waals surface area contributed by atoms with E-state index in [2.05, 4.69) is 99.9 Å². The molecule has 0 amide bonds. The van der Waals surface area contributed by atoms with Crippen LogP contribution in [0.2, 0.25) is 0 Å². The molecule has 0 unspecified atom stereocenters. The zero-order valence-electron chi connectivity index (χ0n) is 55.8. The second-order valence-electron chi connectivity index (χ2n) is 22.8. The van der Waals surface area contributed by atoms with E-state index in [1.807, 2.05) is 65.4 Å². The van der Waals surface area contributed by atoms with Crippen molar-refractivity contribution in [2.24, 2.45) is 0 Å². The summed E-state index contributed by atoms with van der Waals surface area (Å²) in [6.45, 7) is 10.4. The van der Waals surface area contributed by atoms with Crippen molar-refractivity contribution in [1.82, 2.24) is 59.8 Å². The second kappa shape index (κ2) is 31.8. The number of fused-ring (bicyclic) bond motifs is 3. The van der Waals surface area contributed by atoms with E-state index in [1.54, 1.807) is 134 Å². The molecule has 514 valence electrons. The fourth-order valence-corrected chi connectivity index (χ4v) is 12.9. The number of ether oxygens (including phenoxy) is 8. The number of aromatic nitrogens is 12. The van der Waals surface area contributed by atoms with Gasteiger partial charge in [-0.15, -0.1) is 11.3 Å².